The zero-order valence-corrected chi connectivity index (χ0v) is 9.02. The first-order chi connectivity index (χ1) is 6.45. The molecule has 0 unspecified atom stereocenters. The van der Waals surface area contributed by atoms with Gasteiger partial charge in [-0.15, -0.1) is 0 Å². The molecule has 1 aromatic heterocycles. The van der Waals surface area contributed by atoms with E-state index in [4.69, 9.17) is 0 Å². The van der Waals surface area contributed by atoms with E-state index in [1.807, 2.05) is 0 Å². The molecule has 0 bridgehead atoms. The van der Waals surface area contributed by atoms with Crippen LogP contribution in [0.4, 0.5) is 5.95 Å². The Labute approximate surface area is 83.6 Å². The van der Waals surface area contributed by atoms with Crippen LogP contribution in [0.25, 0.3) is 0 Å². The maximum atomic E-state index is 4.28. The molecular weight excluding hydrogens is 178 g/mol. The highest BCUT2D eigenvalue weighted by molar-refractivity contribution is 5.64. The lowest BCUT2D eigenvalue weighted by Gasteiger charge is -2.11. The molecule has 0 fully saturated rings. The molecule has 5 nitrogen and oxygen atoms in total. The van der Waals surface area contributed by atoms with Crippen LogP contribution in [-0.2, 0) is 12.5 Å². The molecule has 0 N–H and O–H groups in total. The van der Waals surface area contributed by atoms with Gasteiger partial charge >= 0.3 is 0 Å². The average molecular weight is 193 g/mol. The van der Waals surface area contributed by atoms with Crippen molar-refractivity contribution in [3.05, 3.63) is 5.82 Å². The van der Waals surface area contributed by atoms with Gasteiger partial charge in [0.1, 0.15) is 6.34 Å². The molecule has 0 saturated heterocycles. The van der Waals surface area contributed by atoms with Crippen LogP contribution in [0.15, 0.2) is 9.98 Å². The minimum absolute atomic E-state index is 0.0624. The summed E-state index contributed by atoms with van der Waals surface area (Å²) in [7, 11) is 1.80. The molecule has 0 aliphatic heterocycles. The Morgan fingerprint density at radius 3 is 2.50 bits per heavy atom. The topological polar surface area (TPSA) is 55.4 Å². The number of aliphatic imine (C=N–C) groups is 2. The molecule has 0 aromatic carbocycles. The second-order valence-electron chi connectivity index (χ2n) is 4.04. The Hall–Kier alpha value is -1.52. The molecule has 0 atom stereocenters. The van der Waals surface area contributed by atoms with Crippen LogP contribution >= 0.6 is 0 Å². The Balaban J connectivity index is 3.05. The van der Waals surface area contributed by atoms with Crippen LogP contribution in [0.3, 0.4) is 0 Å². The standard InChI is InChI=1S/C9H15N5/c1-9(2,3)7-12-8(11-6-10-4)14(5)13-7/h6H,4H2,1-3,5H3. The summed E-state index contributed by atoms with van der Waals surface area (Å²) in [6.07, 6.45) is 1.36. The molecule has 14 heavy (non-hydrogen) atoms. The lowest BCUT2D eigenvalue weighted by Crippen LogP contribution is -2.13. The number of aryl methyl sites for hydroxylation is 1. The largest absolute Gasteiger partial charge is 0.253 e. The van der Waals surface area contributed by atoms with E-state index in [9.17, 15) is 0 Å². The van der Waals surface area contributed by atoms with Crippen molar-refractivity contribution in [1.29, 1.82) is 0 Å². The quantitative estimate of drug-likeness (QED) is 0.527. The predicted octanol–water partition coefficient (Wildman–Crippen LogP) is 1.47. The van der Waals surface area contributed by atoms with Crippen molar-refractivity contribution >= 4 is 19.0 Å². The first kappa shape index (κ1) is 10.6. The smallest absolute Gasteiger partial charge is 0.249 e. The van der Waals surface area contributed by atoms with Crippen LogP contribution in [0.2, 0.25) is 0 Å². The van der Waals surface area contributed by atoms with E-state index < -0.39 is 0 Å². The summed E-state index contributed by atoms with van der Waals surface area (Å²) < 4.78 is 1.63. The highest BCUT2D eigenvalue weighted by Gasteiger charge is 2.20. The van der Waals surface area contributed by atoms with Gasteiger partial charge in [-0.1, -0.05) is 20.8 Å². The minimum Gasteiger partial charge on any atom is -0.253 e. The first-order valence-electron chi connectivity index (χ1n) is 4.35. The summed E-state index contributed by atoms with van der Waals surface area (Å²) in [4.78, 5) is 11.8. The molecular formula is C9H15N5. The lowest BCUT2D eigenvalue weighted by atomic mass is 9.96. The SMILES string of the molecule is C=NC=Nc1nc(C(C)(C)C)nn1C. The molecule has 1 aromatic rings. The van der Waals surface area contributed by atoms with Gasteiger partial charge in [0.2, 0.25) is 5.95 Å². The molecule has 76 valence electrons. The fourth-order valence-corrected chi connectivity index (χ4v) is 0.899. The van der Waals surface area contributed by atoms with Crippen molar-refractivity contribution in [2.75, 3.05) is 0 Å². The maximum absolute atomic E-state index is 4.28. The van der Waals surface area contributed by atoms with E-state index >= 15 is 0 Å². The van der Waals surface area contributed by atoms with Crippen LogP contribution in [-0.4, -0.2) is 27.8 Å². The average Bonchev–Trinajstić information content (AvgIpc) is 2.43. The van der Waals surface area contributed by atoms with Gasteiger partial charge in [0.05, 0.1) is 0 Å². The molecule has 1 rings (SSSR count). The van der Waals surface area contributed by atoms with Gasteiger partial charge in [0.25, 0.3) is 0 Å². The third-order valence-electron chi connectivity index (χ3n) is 1.67. The fraction of sp³-hybridized carbons (Fsp3) is 0.556. The highest BCUT2D eigenvalue weighted by Crippen LogP contribution is 2.20. The van der Waals surface area contributed by atoms with E-state index in [0.29, 0.717) is 5.95 Å². The summed E-state index contributed by atoms with van der Waals surface area (Å²) in [6, 6.07) is 0. The normalized spacial score (nSPS) is 12.3. The molecule has 0 aliphatic rings. The summed E-state index contributed by atoms with van der Waals surface area (Å²) in [5.74, 6) is 1.32. The van der Waals surface area contributed by atoms with Gasteiger partial charge in [-0.2, -0.15) is 15.1 Å². The van der Waals surface area contributed by atoms with E-state index in [2.05, 4.69) is 47.6 Å². The lowest BCUT2D eigenvalue weighted by molar-refractivity contribution is 0.538. The van der Waals surface area contributed by atoms with Gasteiger partial charge in [0.15, 0.2) is 5.82 Å². The third-order valence-corrected chi connectivity index (χ3v) is 1.67. The van der Waals surface area contributed by atoms with Crippen LogP contribution in [0.1, 0.15) is 26.6 Å². The first-order valence-corrected chi connectivity index (χ1v) is 4.35. The Morgan fingerprint density at radius 1 is 1.43 bits per heavy atom. The molecule has 5 heteroatoms. The van der Waals surface area contributed by atoms with Gasteiger partial charge in [-0.05, 0) is 6.72 Å². The summed E-state index contributed by atoms with van der Waals surface area (Å²) in [6.45, 7) is 9.48. The van der Waals surface area contributed by atoms with Gasteiger partial charge < -0.3 is 0 Å². The van der Waals surface area contributed by atoms with Crippen molar-refractivity contribution in [3.8, 4) is 0 Å². The van der Waals surface area contributed by atoms with Crippen molar-refractivity contribution in [2.45, 2.75) is 26.2 Å². The Bertz CT molecular complexity index is 356. The Morgan fingerprint density at radius 2 is 2.07 bits per heavy atom. The molecule has 1 heterocycles. The van der Waals surface area contributed by atoms with Crippen molar-refractivity contribution < 1.29 is 0 Å². The monoisotopic (exact) mass is 193 g/mol. The van der Waals surface area contributed by atoms with E-state index in [-0.39, 0.29) is 5.41 Å². The summed E-state index contributed by atoms with van der Waals surface area (Å²) in [5.41, 5.74) is -0.0624. The van der Waals surface area contributed by atoms with Crippen LogP contribution in [0, 0.1) is 0 Å². The number of rotatable bonds is 2. The molecule has 0 saturated carbocycles. The second-order valence-corrected chi connectivity index (χ2v) is 4.04. The minimum atomic E-state index is -0.0624. The van der Waals surface area contributed by atoms with Crippen LogP contribution < -0.4 is 0 Å². The predicted molar refractivity (Wildman–Crippen MR) is 57.4 cm³/mol. The molecule has 0 radical (unpaired) electrons. The van der Waals surface area contributed by atoms with Gasteiger partial charge in [-0.3, -0.25) is 4.99 Å². The molecule has 0 spiro atoms. The van der Waals surface area contributed by atoms with E-state index in [1.165, 1.54) is 6.34 Å². The van der Waals surface area contributed by atoms with Crippen LogP contribution in [0.5, 0.6) is 0 Å². The zero-order valence-electron chi connectivity index (χ0n) is 9.02. The fourth-order valence-electron chi connectivity index (χ4n) is 0.899. The maximum Gasteiger partial charge on any atom is 0.249 e. The van der Waals surface area contributed by atoms with Gasteiger partial charge in [-0.25, -0.2) is 4.68 Å². The molecule has 0 aliphatic carbocycles. The zero-order chi connectivity index (χ0) is 10.8. The van der Waals surface area contributed by atoms with Crippen molar-refractivity contribution in [3.63, 3.8) is 0 Å². The van der Waals surface area contributed by atoms with E-state index in [1.54, 1.807) is 11.7 Å². The highest BCUT2D eigenvalue weighted by atomic mass is 15.4. The Kier molecular flexibility index (Phi) is 2.78. The molecule has 0 amide bonds. The summed E-state index contributed by atoms with van der Waals surface area (Å²) >= 11 is 0. The second kappa shape index (κ2) is 3.69. The number of aromatic nitrogens is 3. The number of nitrogens with zero attached hydrogens (tertiary/aromatic N) is 5. The van der Waals surface area contributed by atoms with Gasteiger partial charge in [0, 0.05) is 12.5 Å². The number of hydrogen-bond donors (Lipinski definition) is 0. The van der Waals surface area contributed by atoms with Crippen molar-refractivity contribution in [1.82, 2.24) is 14.8 Å². The summed E-state index contributed by atoms with van der Waals surface area (Å²) in [5, 5.41) is 4.26. The number of hydrogen-bond acceptors (Lipinski definition) is 3. The van der Waals surface area contributed by atoms with E-state index in [0.717, 1.165) is 5.82 Å². The van der Waals surface area contributed by atoms with Crippen molar-refractivity contribution in [2.24, 2.45) is 17.0 Å². The third kappa shape index (κ3) is 2.25.